The van der Waals surface area contributed by atoms with Crippen molar-refractivity contribution in [2.45, 2.75) is 31.7 Å². The Balaban J connectivity index is 1.89. The molecule has 0 bridgehead atoms. The first-order valence-corrected chi connectivity index (χ1v) is 7.89. The van der Waals surface area contributed by atoms with Gasteiger partial charge in [-0.25, -0.2) is 0 Å². The van der Waals surface area contributed by atoms with E-state index in [1.165, 1.54) is 36.0 Å². The van der Waals surface area contributed by atoms with Crippen LogP contribution in [0.3, 0.4) is 0 Å². The molecule has 0 fully saturated rings. The van der Waals surface area contributed by atoms with E-state index in [2.05, 4.69) is 15.2 Å². The molecular formula is C17H20F3N3O3. The molecule has 26 heavy (non-hydrogen) atoms. The first-order chi connectivity index (χ1) is 12.1. The number of carbonyl (C=O) groups is 1. The molecule has 9 heteroatoms. The zero-order valence-electron chi connectivity index (χ0n) is 14.4. The second-order valence-electron chi connectivity index (χ2n) is 6.11. The first kappa shape index (κ1) is 19.8. The lowest BCUT2D eigenvalue weighted by atomic mass is 9.99. The molecule has 1 heterocycles. The fourth-order valence-electron chi connectivity index (χ4n) is 2.34. The van der Waals surface area contributed by atoms with Crippen LogP contribution < -0.4 is 10.1 Å². The number of alkyl halides is 3. The highest BCUT2D eigenvalue weighted by Gasteiger charge is 2.32. The molecule has 0 unspecified atom stereocenters. The molecule has 1 atom stereocenters. The number of amides is 1. The summed E-state index contributed by atoms with van der Waals surface area (Å²) in [5, 5.41) is 16.9. The summed E-state index contributed by atoms with van der Waals surface area (Å²) >= 11 is 0. The first-order valence-electron chi connectivity index (χ1n) is 7.89. The van der Waals surface area contributed by atoms with E-state index in [9.17, 15) is 23.1 Å². The largest absolute Gasteiger partial charge is 0.573 e. The number of aryl methyl sites for hydroxylation is 2. The van der Waals surface area contributed by atoms with Gasteiger partial charge in [-0.2, -0.15) is 5.10 Å². The summed E-state index contributed by atoms with van der Waals surface area (Å²) in [5.74, 6) is -0.717. The predicted octanol–water partition coefficient (Wildman–Crippen LogP) is 2.28. The number of ether oxygens (including phenoxy) is 1. The number of rotatable bonds is 7. The predicted molar refractivity (Wildman–Crippen MR) is 87.2 cm³/mol. The SMILES string of the molecule is Cn1cc([C@](C)(O)CNC(=O)CCc2ccccc2OC(F)(F)F)cn1. The second kappa shape index (κ2) is 7.77. The van der Waals surface area contributed by atoms with Gasteiger partial charge in [-0.05, 0) is 25.0 Å². The quantitative estimate of drug-likeness (QED) is 0.783. The molecule has 1 aromatic carbocycles. The molecule has 0 saturated carbocycles. The minimum absolute atomic E-state index is 0.0403. The Kier molecular flexibility index (Phi) is 5.91. The maximum atomic E-state index is 12.4. The van der Waals surface area contributed by atoms with Crippen LogP contribution in [0.25, 0.3) is 0 Å². The summed E-state index contributed by atoms with van der Waals surface area (Å²) in [4.78, 5) is 12.0. The van der Waals surface area contributed by atoms with Gasteiger partial charge in [0.1, 0.15) is 11.4 Å². The molecule has 0 aliphatic carbocycles. The van der Waals surface area contributed by atoms with Crippen molar-refractivity contribution in [2.75, 3.05) is 6.54 Å². The lowest BCUT2D eigenvalue weighted by molar-refractivity contribution is -0.274. The van der Waals surface area contributed by atoms with Crippen molar-refractivity contribution in [2.24, 2.45) is 7.05 Å². The molecule has 0 saturated heterocycles. The van der Waals surface area contributed by atoms with Crippen LogP contribution in [0, 0.1) is 0 Å². The minimum Gasteiger partial charge on any atom is -0.406 e. The highest BCUT2D eigenvalue weighted by Crippen LogP contribution is 2.27. The normalized spacial score (nSPS) is 13.9. The van der Waals surface area contributed by atoms with Crippen LogP contribution in [-0.2, 0) is 23.9 Å². The van der Waals surface area contributed by atoms with E-state index in [1.807, 2.05) is 0 Å². The standard InChI is InChI=1S/C17H20F3N3O3/c1-16(25,13-9-22-23(2)10-13)11-21-15(24)8-7-12-5-3-4-6-14(12)26-17(18,19)20/h3-6,9-10,25H,7-8,11H2,1-2H3,(H,21,24)/t16-/m1/s1. The lowest BCUT2D eigenvalue weighted by Gasteiger charge is -2.22. The highest BCUT2D eigenvalue weighted by atomic mass is 19.4. The Labute approximate surface area is 148 Å². The van der Waals surface area contributed by atoms with Crippen molar-refractivity contribution in [1.29, 1.82) is 0 Å². The highest BCUT2D eigenvalue weighted by molar-refractivity contribution is 5.76. The van der Waals surface area contributed by atoms with Gasteiger partial charge in [0.25, 0.3) is 0 Å². The molecule has 2 N–H and O–H groups in total. The fourth-order valence-corrected chi connectivity index (χ4v) is 2.34. The van der Waals surface area contributed by atoms with E-state index in [1.54, 1.807) is 19.3 Å². The number of benzene rings is 1. The fraction of sp³-hybridized carbons (Fsp3) is 0.412. The molecule has 2 aromatic rings. The number of hydrogen-bond acceptors (Lipinski definition) is 4. The van der Waals surface area contributed by atoms with Crippen molar-refractivity contribution < 1.29 is 27.8 Å². The number of halogens is 3. The Morgan fingerprint density at radius 2 is 2.04 bits per heavy atom. The molecular weight excluding hydrogens is 351 g/mol. The summed E-state index contributed by atoms with van der Waals surface area (Å²) in [5.41, 5.74) is -0.482. The van der Waals surface area contributed by atoms with Gasteiger partial charge in [0.2, 0.25) is 5.91 Å². The van der Waals surface area contributed by atoms with Crippen molar-refractivity contribution in [3.8, 4) is 5.75 Å². The Bertz CT molecular complexity index is 757. The molecule has 142 valence electrons. The van der Waals surface area contributed by atoms with Gasteiger partial charge in [0.05, 0.1) is 12.7 Å². The number of aliphatic hydroxyl groups is 1. The number of hydrogen-bond donors (Lipinski definition) is 2. The molecule has 0 aliphatic heterocycles. The van der Waals surface area contributed by atoms with E-state index in [-0.39, 0.29) is 30.7 Å². The number of aromatic nitrogens is 2. The van der Waals surface area contributed by atoms with Gasteiger partial charge in [0, 0.05) is 25.2 Å². The third-order valence-electron chi connectivity index (χ3n) is 3.78. The van der Waals surface area contributed by atoms with Gasteiger partial charge in [-0.15, -0.1) is 13.2 Å². The minimum atomic E-state index is -4.79. The number of carbonyl (C=O) groups excluding carboxylic acids is 1. The van der Waals surface area contributed by atoms with Gasteiger partial charge in [0.15, 0.2) is 0 Å². The smallest absolute Gasteiger partial charge is 0.406 e. The Hall–Kier alpha value is -2.55. The third-order valence-corrected chi connectivity index (χ3v) is 3.78. The maximum Gasteiger partial charge on any atom is 0.573 e. The van der Waals surface area contributed by atoms with Crippen LogP contribution in [0.15, 0.2) is 36.7 Å². The Morgan fingerprint density at radius 1 is 1.35 bits per heavy atom. The zero-order valence-corrected chi connectivity index (χ0v) is 14.4. The van der Waals surface area contributed by atoms with Crippen molar-refractivity contribution >= 4 is 5.91 Å². The molecule has 1 amide bonds. The molecule has 0 spiro atoms. The second-order valence-corrected chi connectivity index (χ2v) is 6.11. The van der Waals surface area contributed by atoms with Gasteiger partial charge < -0.3 is 15.2 Å². The lowest BCUT2D eigenvalue weighted by Crippen LogP contribution is -2.38. The summed E-state index contributed by atoms with van der Waals surface area (Å²) in [7, 11) is 1.71. The maximum absolute atomic E-state index is 12.4. The van der Waals surface area contributed by atoms with Crippen molar-refractivity contribution in [1.82, 2.24) is 15.1 Å². The van der Waals surface area contributed by atoms with Crippen LogP contribution in [0.1, 0.15) is 24.5 Å². The topological polar surface area (TPSA) is 76.4 Å². The zero-order chi connectivity index (χ0) is 19.4. The van der Waals surface area contributed by atoms with Gasteiger partial charge in [-0.3, -0.25) is 9.48 Å². The van der Waals surface area contributed by atoms with E-state index in [4.69, 9.17) is 0 Å². The average molecular weight is 371 g/mol. The number of nitrogens with one attached hydrogen (secondary N) is 1. The van der Waals surface area contributed by atoms with Gasteiger partial charge in [-0.1, -0.05) is 18.2 Å². The van der Waals surface area contributed by atoms with Crippen LogP contribution >= 0.6 is 0 Å². The van der Waals surface area contributed by atoms with E-state index in [0.29, 0.717) is 5.56 Å². The summed E-state index contributed by atoms with van der Waals surface area (Å²) in [6.07, 6.45) is -1.62. The summed E-state index contributed by atoms with van der Waals surface area (Å²) in [6.45, 7) is 1.50. The van der Waals surface area contributed by atoms with E-state index < -0.39 is 17.9 Å². The third kappa shape index (κ3) is 5.76. The van der Waals surface area contributed by atoms with Crippen LogP contribution in [-0.4, -0.2) is 33.7 Å². The van der Waals surface area contributed by atoms with Gasteiger partial charge >= 0.3 is 6.36 Å². The monoisotopic (exact) mass is 371 g/mol. The molecule has 0 aliphatic rings. The molecule has 0 radical (unpaired) electrons. The summed E-state index contributed by atoms with van der Waals surface area (Å²) in [6, 6.07) is 5.67. The molecule has 2 rings (SSSR count). The van der Waals surface area contributed by atoms with E-state index in [0.717, 1.165) is 0 Å². The van der Waals surface area contributed by atoms with Crippen molar-refractivity contribution in [3.63, 3.8) is 0 Å². The van der Waals surface area contributed by atoms with Crippen molar-refractivity contribution in [3.05, 3.63) is 47.8 Å². The number of para-hydroxylation sites is 1. The summed E-state index contributed by atoms with van der Waals surface area (Å²) < 4.78 is 42.7. The van der Waals surface area contributed by atoms with E-state index >= 15 is 0 Å². The Morgan fingerprint density at radius 3 is 2.65 bits per heavy atom. The molecule has 6 nitrogen and oxygen atoms in total. The van der Waals surface area contributed by atoms with Crippen LogP contribution in [0.4, 0.5) is 13.2 Å². The number of nitrogens with zero attached hydrogens (tertiary/aromatic N) is 2. The molecule has 1 aromatic heterocycles. The van der Waals surface area contributed by atoms with Crippen LogP contribution in [0.2, 0.25) is 0 Å². The van der Waals surface area contributed by atoms with Crippen LogP contribution in [0.5, 0.6) is 5.75 Å². The average Bonchev–Trinajstić information content (AvgIpc) is 2.98.